The van der Waals surface area contributed by atoms with Gasteiger partial charge in [-0.25, -0.2) is 0 Å². The lowest BCUT2D eigenvalue weighted by atomic mass is 9.95. The van der Waals surface area contributed by atoms with Crippen LogP contribution in [0.5, 0.6) is 0 Å². The van der Waals surface area contributed by atoms with Gasteiger partial charge in [0.1, 0.15) is 4.49 Å². The monoisotopic (exact) mass is 178 g/mol. The quantitative estimate of drug-likeness (QED) is 0.522. The van der Waals surface area contributed by atoms with E-state index < -0.39 is 0 Å². The Morgan fingerprint density at radius 1 is 1.20 bits per heavy atom. The molecule has 56 valence electrons. The lowest BCUT2D eigenvalue weighted by Crippen LogP contribution is -2.08. The first-order valence-corrected chi connectivity index (χ1v) is 4.05. The van der Waals surface area contributed by atoms with Crippen molar-refractivity contribution in [1.29, 1.82) is 0 Å². The molecule has 0 aromatic carbocycles. The summed E-state index contributed by atoms with van der Waals surface area (Å²) in [5, 5.41) is 0. The lowest BCUT2D eigenvalue weighted by Gasteiger charge is -2.11. The van der Waals surface area contributed by atoms with Crippen molar-refractivity contribution < 1.29 is 4.79 Å². The van der Waals surface area contributed by atoms with Gasteiger partial charge >= 0.3 is 0 Å². The maximum Gasteiger partial charge on any atom is 0.161 e. The van der Waals surface area contributed by atoms with E-state index in [1.54, 1.807) is 0 Å². The van der Waals surface area contributed by atoms with Crippen LogP contribution in [0.1, 0.15) is 25.7 Å². The van der Waals surface area contributed by atoms with Crippen LogP contribution in [-0.4, -0.2) is 5.78 Å². The van der Waals surface area contributed by atoms with E-state index in [0.717, 1.165) is 19.3 Å². The third kappa shape index (κ3) is 1.74. The number of carbonyl (C=O) groups excluding carboxylic acids is 1. The maximum atomic E-state index is 11.0. The fourth-order valence-corrected chi connectivity index (χ4v) is 1.48. The summed E-state index contributed by atoms with van der Waals surface area (Å²) in [6, 6.07) is 0. The Hall–Kier alpha value is -0.0100. The second kappa shape index (κ2) is 3.40. The molecular formula is C7H8Cl2O. The summed E-state index contributed by atoms with van der Waals surface area (Å²) in [7, 11) is 0. The van der Waals surface area contributed by atoms with Gasteiger partial charge in [0, 0.05) is 12.0 Å². The van der Waals surface area contributed by atoms with Gasteiger partial charge in [-0.15, -0.1) is 0 Å². The highest BCUT2D eigenvalue weighted by Gasteiger charge is 2.17. The van der Waals surface area contributed by atoms with Gasteiger partial charge in [0.15, 0.2) is 5.78 Å². The molecule has 0 atom stereocenters. The van der Waals surface area contributed by atoms with Crippen molar-refractivity contribution in [1.82, 2.24) is 0 Å². The largest absolute Gasteiger partial charge is 0.294 e. The molecule has 1 fully saturated rings. The number of Topliss-reactive ketones (excluding diaryl/α,β-unsaturated/α-hetero) is 1. The Balaban J connectivity index is 2.75. The van der Waals surface area contributed by atoms with E-state index in [2.05, 4.69) is 0 Å². The predicted molar refractivity (Wildman–Crippen MR) is 42.2 cm³/mol. The zero-order chi connectivity index (χ0) is 7.56. The molecule has 0 heterocycles. The van der Waals surface area contributed by atoms with Crippen molar-refractivity contribution in [2.75, 3.05) is 0 Å². The highest BCUT2D eigenvalue weighted by molar-refractivity contribution is 6.57. The molecule has 1 aliphatic carbocycles. The molecule has 0 bridgehead atoms. The van der Waals surface area contributed by atoms with Crippen LogP contribution >= 0.6 is 23.2 Å². The van der Waals surface area contributed by atoms with E-state index in [1.165, 1.54) is 0 Å². The zero-order valence-corrected chi connectivity index (χ0v) is 7.00. The second-order valence-electron chi connectivity index (χ2n) is 2.37. The Morgan fingerprint density at radius 2 is 1.80 bits per heavy atom. The van der Waals surface area contributed by atoms with E-state index in [-0.39, 0.29) is 10.3 Å². The Kier molecular flexibility index (Phi) is 2.75. The average molecular weight is 179 g/mol. The number of allylic oxidation sites excluding steroid dienone is 1. The summed E-state index contributed by atoms with van der Waals surface area (Å²) >= 11 is 11.0. The van der Waals surface area contributed by atoms with Crippen molar-refractivity contribution in [2.24, 2.45) is 0 Å². The summed E-state index contributed by atoms with van der Waals surface area (Å²) in [5.74, 6) is 0.117. The van der Waals surface area contributed by atoms with E-state index in [1.807, 2.05) is 0 Å². The standard InChI is InChI=1S/C7H8Cl2O/c8-7(9)5-3-1-2-4-6(5)10/h1-4H2. The molecule has 0 aliphatic heterocycles. The molecular weight excluding hydrogens is 171 g/mol. The molecule has 0 aromatic heterocycles. The highest BCUT2D eigenvalue weighted by Crippen LogP contribution is 2.26. The minimum absolute atomic E-state index is 0.117. The normalized spacial score (nSPS) is 19.4. The molecule has 1 saturated carbocycles. The van der Waals surface area contributed by atoms with Crippen LogP contribution < -0.4 is 0 Å². The van der Waals surface area contributed by atoms with Gasteiger partial charge < -0.3 is 0 Å². The molecule has 0 radical (unpaired) electrons. The van der Waals surface area contributed by atoms with Crippen molar-refractivity contribution in [2.45, 2.75) is 25.7 Å². The summed E-state index contributed by atoms with van der Waals surface area (Å²) in [6.45, 7) is 0. The van der Waals surface area contributed by atoms with Crippen LogP contribution in [0.4, 0.5) is 0 Å². The predicted octanol–water partition coefficient (Wildman–Crippen LogP) is 2.82. The van der Waals surface area contributed by atoms with Crippen LogP contribution in [0.25, 0.3) is 0 Å². The minimum atomic E-state index is 0.117. The number of hydrogen-bond donors (Lipinski definition) is 0. The Labute approximate surface area is 70.0 Å². The van der Waals surface area contributed by atoms with Gasteiger partial charge in [0.25, 0.3) is 0 Å². The smallest absolute Gasteiger partial charge is 0.161 e. The SMILES string of the molecule is O=C1CCCCC1=C(Cl)Cl. The lowest BCUT2D eigenvalue weighted by molar-refractivity contribution is -0.116. The number of ketones is 1. The van der Waals surface area contributed by atoms with Gasteiger partial charge in [-0.1, -0.05) is 23.2 Å². The first-order chi connectivity index (χ1) is 4.72. The summed E-state index contributed by atoms with van der Waals surface area (Å²) in [6.07, 6.45) is 3.37. The molecule has 3 heteroatoms. The number of halogens is 2. The Morgan fingerprint density at radius 3 is 2.20 bits per heavy atom. The molecule has 1 rings (SSSR count). The average Bonchev–Trinajstić information content (AvgIpc) is 1.88. The molecule has 1 nitrogen and oxygen atoms in total. The molecule has 0 N–H and O–H groups in total. The first-order valence-electron chi connectivity index (χ1n) is 3.29. The number of hydrogen-bond acceptors (Lipinski definition) is 1. The van der Waals surface area contributed by atoms with Gasteiger partial charge in [0.05, 0.1) is 0 Å². The topological polar surface area (TPSA) is 17.1 Å². The molecule has 0 amide bonds. The molecule has 10 heavy (non-hydrogen) atoms. The van der Waals surface area contributed by atoms with Crippen LogP contribution in [0, 0.1) is 0 Å². The highest BCUT2D eigenvalue weighted by atomic mass is 35.5. The van der Waals surface area contributed by atoms with E-state index in [4.69, 9.17) is 23.2 Å². The molecule has 1 aliphatic rings. The van der Waals surface area contributed by atoms with Gasteiger partial charge in [-0.3, -0.25) is 4.79 Å². The summed E-state index contributed by atoms with van der Waals surface area (Å²) in [5.41, 5.74) is 0.620. The van der Waals surface area contributed by atoms with Crippen molar-refractivity contribution >= 4 is 29.0 Å². The van der Waals surface area contributed by atoms with E-state index in [9.17, 15) is 4.79 Å². The second-order valence-corrected chi connectivity index (χ2v) is 3.32. The van der Waals surface area contributed by atoms with Crippen molar-refractivity contribution in [3.8, 4) is 0 Å². The Bertz CT molecular complexity index is 180. The van der Waals surface area contributed by atoms with E-state index >= 15 is 0 Å². The zero-order valence-electron chi connectivity index (χ0n) is 5.49. The van der Waals surface area contributed by atoms with E-state index in [0.29, 0.717) is 12.0 Å². The summed E-state index contributed by atoms with van der Waals surface area (Å²) in [4.78, 5) is 11.0. The van der Waals surface area contributed by atoms with Crippen LogP contribution in [0.3, 0.4) is 0 Å². The molecule has 0 saturated heterocycles. The first kappa shape index (κ1) is 8.09. The minimum Gasteiger partial charge on any atom is -0.294 e. The van der Waals surface area contributed by atoms with Crippen molar-refractivity contribution in [3.05, 3.63) is 10.1 Å². The van der Waals surface area contributed by atoms with Crippen LogP contribution in [-0.2, 0) is 4.79 Å². The third-order valence-corrected chi connectivity index (χ3v) is 2.10. The van der Waals surface area contributed by atoms with Gasteiger partial charge in [-0.2, -0.15) is 0 Å². The fourth-order valence-electron chi connectivity index (χ4n) is 1.08. The maximum absolute atomic E-state index is 11.0. The van der Waals surface area contributed by atoms with Crippen LogP contribution in [0.15, 0.2) is 10.1 Å². The van der Waals surface area contributed by atoms with Gasteiger partial charge in [0.2, 0.25) is 0 Å². The summed E-state index contributed by atoms with van der Waals surface area (Å²) < 4.78 is 0.157. The molecule has 0 unspecified atom stereocenters. The number of rotatable bonds is 0. The third-order valence-electron chi connectivity index (χ3n) is 1.65. The van der Waals surface area contributed by atoms with Crippen molar-refractivity contribution in [3.63, 3.8) is 0 Å². The van der Waals surface area contributed by atoms with Gasteiger partial charge in [-0.05, 0) is 19.3 Å². The number of carbonyl (C=O) groups is 1. The molecule has 0 spiro atoms. The molecule has 0 aromatic rings. The van der Waals surface area contributed by atoms with Crippen LogP contribution in [0.2, 0.25) is 0 Å². The fraction of sp³-hybridized carbons (Fsp3) is 0.571.